The van der Waals surface area contributed by atoms with Crippen molar-refractivity contribution in [3.63, 3.8) is 0 Å². The van der Waals surface area contributed by atoms with Crippen LogP contribution in [-0.2, 0) is 4.74 Å². The third kappa shape index (κ3) is 2.40. The standard InChI is InChI=1S/C15H19N5O4/c1-3-4-15(23)9(6-21)11(8(2)22)24-13(15)20-7-18-10-5-17-14(16)19-12(10)20/h5,7-9,11,13,21-23H,6H2,1-2H3,(H2,16,17,19)/t8-,9?,11-,13-,15?/m1/s1. The van der Waals surface area contributed by atoms with Gasteiger partial charge in [0.05, 0.1) is 37.3 Å². The van der Waals surface area contributed by atoms with Gasteiger partial charge in [0.2, 0.25) is 5.95 Å². The molecule has 0 bridgehead atoms. The maximum Gasteiger partial charge on any atom is 0.222 e. The first kappa shape index (κ1) is 16.6. The molecule has 5 atom stereocenters. The molecule has 1 aliphatic rings. The lowest BCUT2D eigenvalue weighted by Crippen LogP contribution is -2.44. The number of hydrogen-bond donors (Lipinski definition) is 4. The van der Waals surface area contributed by atoms with E-state index in [1.807, 2.05) is 0 Å². The third-order valence-corrected chi connectivity index (χ3v) is 4.21. The van der Waals surface area contributed by atoms with Crippen molar-refractivity contribution in [1.29, 1.82) is 0 Å². The molecule has 0 saturated carbocycles. The number of aromatic nitrogens is 4. The Morgan fingerprint density at radius 1 is 1.50 bits per heavy atom. The number of nitrogens with two attached hydrogens (primary N) is 1. The Bertz CT molecular complexity index is 811. The van der Waals surface area contributed by atoms with Crippen molar-refractivity contribution in [2.45, 2.75) is 37.9 Å². The Kier molecular flexibility index (Phi) is 4.15. The summed E-state index contributed by atoms with van der Waals surface area (Å²) in [6.07, 6.45) is 0.170. The fourth-order valence-electron chi connectivity index (χ4n) is 3.12. The minimum Gasteiger partial charge on any atom is -0.396 e. The first-order chi connectivity index (χ1) is 11.4. The zero-order valence-corrected chi connectivity index (χ0v) is 13.3. The monoisotopic (exact) mass is 333 g/mol. The van der Waals surface area contributed by atoms with Gasteiger partial charge in [-0.05, 0) is 13.8 Å². The molecular weight excluding hydrogens is 314 g/mol. The van der Waals surface area contributed by atoms with E-state index in [1.165, 1.54) is 24.0 Å². The van der Waals surface area contributed by atoms with Gasteiger partial charge in [-0.25, -0.2) is 9.97 Å². The van der Waals surface area contributed by atoms with E-state index < -0.39 is 36.6 Å². The SMILES string of the molecule is CC#CC1(O)C(CO)[C@@H]([C@@H](C)O)O[C@H]1n1cnc2cnc(N)nc21. The zero-order chi connectivity index (χ0) is 17.5. The van der Waals surface area contributed by atoms with Crippen LogP contribution < -0.4 is 5.73 Å². The highest BCUT2D eigenvalue weighted by molar-refractivity contribution is 5.70. The largest absolute Gasteiger partial charge is 0.396 e. The van der Waals surface area contributed by atoms with E-state index >= 15 is 0 Å². The normalized spacial score (nSPS) is 31.0. The second kappa shape index (κ2) is 5.99. The molecule has 3 rings (SSSR count). The summed E-state index contributed by atoms with van der Waals surface area (Å²) >= 11 is 0. The molecule has 0 radical (unpaired) electrons. The molecule has 0 amide bonds. The molecule has 0 spiro atoms. The predicted octanol–water partition coefficient (Wildman–Crippen LogP) is -0.950. The lowest BCUT2D eigenvalue weighted by molar-refractivity contribution is -0.0845. The van der Waals surface area contributed by atoms with Gasteiger partial charge in [-0.1, -0.05) is 5.92 Å². The van der Waals surface area contributed by atoms with Crippen LogP contribution in [0.5, 0.6) is 0 Å². The lowest BCUT2D eigenvalue weighted by atomic mass is 9.84. The van der Waals surface area contributed by atoms with Gasteiger partial charge in [0, 0.05) is 0 Å². The van der Waals surface area contributed by atoms with Gasteiger partial charge >= 0.3 is 0 Å². The average Bonchev–Trinajstić information content (AvgIpc) is 3.05. The minimum atomic E-state index is -1.72. The van der Waals surface area contributed by atoms with Crippen LogP contribution in [0.2, 0.25) is 0 Å². The third-order valence-electron chi connectivity index (χ3n) is 4.21. The van der Waals surface area contributed by atoms with Crippen LogP contribution in [0.3, 0.4) is 0 Å². The Morgan fingerprint density at radius 2 is 2.25 bits per heavy atom. The second-order valence-corrected chi connectivity index (χ2v) is 5.77. The molecule has 24 heavy (non-hydrogen) atoms. The Labute approximate surface area is 138 Å². The van der Waals surface area contributed by atoms with E-state index in [4.69, 9.17) is 10.5 Å². The van der Waals surface area contributed by atoms with E-state index in [0.717, 1.165) is 0 Å². The Balaban J connectivity index is 2.16. The number of aliphatic hydroxyl groups is 3. The van der Waals surface area contributed by atoms with Gasteiger partial charge in [-0.2, -0.15) is 4.98 Å². The first-order valence-corrected chi connectivity index (χ1v) is 7.48. The second-order valence-electron chi connectivity index (χ2n) is 5.77. The summed E-state index contributed by atoms with van der Waals surface area (Å²) in [7, 11) is 0. The average molecular weight is 333 g/mol. The Morgan fingerprint density at radius 3 is 2.88 bits per heavy atom. The summed E-state index contributed by atoms with van der Waals surface area (Å²) in [5.41, 5.74) is 4.75. The van der Waals surface area contributed by atoms with Crippen molar-refractivity contribution in [2.24, 2.45) is 5.92 Å². The first-order valence-electron chi connectivity index (χ1n) is 7.48. The number of nitrogen functional groups attached to an aromatic ring is 1. The molecule has 2 unspecified atom stereocenters. The summed E-state index contributed by atoms with van der Waals surface area (Å²) in [6, 6.07) is 0. The lowest BCUT2D eigenvalue weighted by Gasteiger charge is -2.28. The van der Waals surface area contributed by atoms with Crippen molar-refractivity contribution in [3.8, 4) is 11.8 Å². The van der Waals surface area contributed by atoms with Crippen molar-refractivity contribution in [3.05, 3.63) is 12.5 Å². The van der Waals surface area contributed by atoms with Crippen LogP contribution >= 0.6 is 0 Å². The van der Waals surface area contributed by atoms with E-state index in [2.05, 4.69) is 26.8 Å². The number of hydrogen-bond acceptors (Lipinski definition) is 8. The van der Waals surface area contributed by atoms with Gasteiger partial charge in [0.15, 0.2) is 17.5 Å². The summed E-state index contributed by atoms with van der Waals surface area (Å²) in [4.78, 5) is 12.2. The number of ether oxygens (including phenoxy) is 1. The fraction of sp³-hybridized carbons (Fsp3) is 0.533. The van der Waals surface area contributed by atoms with Crippen LogP contribution in [0.15, 0.2) is 12.5 Å². The Hall–Kier alpha value is -2.25. The molecule has 2 aromatic rings. The molecule has 0 aromatic carbocycles. The summed E-state index contributed by atoms with van der Waals surface area (Å²) < 4.78 is 7.34. The molecule has 9 nitrogen and oxygen atoms in total. The zero-order valence-electron chi connectivity index (χ0n) is 13.3. The van der Waals surface area contributed by atoms with Crippen LogP contribution in [0.4, 0.5) is 5.95 Å². The molecule has 128 valence electrons. The molecule has 0 aliphatic carbocycles. The predicted molar refractivity (Wildman–Crippen MR) is 84.3 cm³/mol. The summed E-state index contributed by atoms with van der Waals surface area (Å²) in [6.45, 7) is 2.70. The highest BCUT2D eigenvalue weighted by Crippen LogP contribution is 2.44. The number of anilines is 1. The number of nitrogens with zero attached hydrogens (tertiary/aromatic N) is 4. The van der Waals surface area contributed by atoms with E-state index in [1.54, 1.807) is 6.92 Å². The highest BCUT2D eigenvalue weighted by atomic mass is 16.6. The van der Waals surface area contributed by atoms with Gasteiger partial charge in [-0.3, -0.25) is 4.57 Å². The molecule has 9 heteroatoms. The van der Waals surface area contributed by atoms with E-state index in [9.17, 15) is 15.3 Å². The number of imidazole rings is 1. The van der Waals surface area contributed by atoms with Gasteiger partial charge in [0.1, 0.15) is 5.52 Å². The minimum absolute atomic E-state index is 0.0538. The topological polar surface area (TPSA) is 140 Å². The maximum atomic E-state index is 11.1. The van der Waals surface area contributed by atoms with Crippen molar-refractivity contribution in [1.82, 2.24) is 19.5 Å². The number of fused-ring (bicyclic) bond motifs is 1. The smallest absolute Gasteiger partial charge is 0.222 e. The molecule has 3 heterocycles. The highest BCUT2D eigenvalue weighted by Gasteiger charge is 2.57. The fourth-order valence-corrected chi connectivity index (χ4v) is 3.12. The molecular formula is C15H19N5O4. The molecule has 1 aliphatic heterocycles. The van der Waals surface area contributed by atoms with Gasteiger partial charge in [-0.15, -0.1) is 5.92 Å². The number of aliphatic hydroxyl groups excluding tert-OH is 2. The van der Waals surface area contributed by atoms with Crippen LogP contribution in [0.1, 0.15) is 20.1 Å². The van der Waals surface area contributed by atoms with Crippen LogP contribution in [-0.4, -0.2) is 59.3 Å². The molecule has 5 N–H and O–H groups in total. The maximum absolute atomic E-state index is 11.1. The summed E-state index contributed by atoms with van der Waals surface area (Å²) in [5, 5.41) is 30.8. The van der Waals surface area contributed by atoms with E-state index in [-0.39, 0.29) is 5.95 Å². The van der Waals surface area contributed by atoms with Crippen molar-refractivity contribution < 1.29 is 20.1 Å². The quantitative estimate of drug-likeness (QED) is 0.527. The van der Waals surface area contributed by atoms with Crippen LogP contribution in [0.25, 0.3) is 11.2 Å². The number of rotatable bonds is 3. The summed E-state index contributed by atoms with van der Waals surface area (Å²) in [5.74, 6) is 4.63. The van der Waals surface area contributed by atoms with E-state index in [0.29, 0.717) is 11.2 Å². The van der Waals surface area contributed by atoms with Crippen LogP contribution in [0, 0.1) is 17.8 Å². The van der Waals surface area contributed by atoms with Crippen molar-refractivity contribution >= 4 is 17.1 Å². The van der Waals surface area contributed by atoms with Gasteiger partial charge < -0.3 is 25.8 Å². The molecule has 1 fully saturated rings. The molecule has 1 saturated heterocycles. The molecule has 2 aromatic heterocycles. The van der Waals surface area contributed by atoms with Gasteiger partial charge in [0.25, 0.3) is 0 Å². The van der Waals surface area contributed by atoms with Crippen molar-refractivity contribution in [2.75, 3.05) is 12.3 Å².